The van der Waals surface area contributed by atoms with Gasteiger partial charge in [0.2, 0.25) is 5.76 Å². The van der Waals surface area contributed by atoms with E-state index in [2.05, 4.69) is 5.32 Å². The van der Waals surface area contributed by atoms with Crippen LogP contribution in [0.3, 0.4) is 0 Å². The van der Waals surface area contributed by atoms with Crippen LogP contribution in [-0.4, -0.2) is 35.7 Å². The molecule has 1 heterocycles. The molecule has 0 radical (unpaired) electrons. The molecule has 1 saturated carbocycles. The molecule has 20 heavy (non-hydrogen) atoms. The Bertz CT molecular complexity index is 548. The van der Waals surface area contributed by atoms with Crippen molar-refractivity contribution in [3.63, 3.8) is 0 Å². The maximum absolute atomic E-state index is 12.0. The molecule has 1 aromatic heterocycles. The largest absolute Gasteiger partial charge is 0.475 e. The number of carbonyl (C=O) groups is 2. The summed E-state index contributed by atoms with van der Waals surface area (Å²) in [4.78, 5) is 22.7. The molecule has 0 bridgehead atoms. The molecule has 0 spiro atoms. The Balaban J connectivity index is 2.04. The van der Waals surface area contributed by atoms with E-state index in [1.807, 2.05) is 20.8 Å². The molecule has 2 N–H and O–H groups in total. The highest BCUT2D eigenvalue weighted by Gasteiger charge is 2.58. The van der Waals surface area contributed by atoms with Crippen molar-refractivity contribution in [1.82, 2.24) is 5.32 Å². The van der Waals surface area contributed by atoms with E-state index in [1.165, 1.54) is 12.1 Å². The van der Waals surface area contributed by atoms with Crippen LogP contribution < -0.4 is 5.32 Å². The van der Waals surface area contributed by atoms with Gasteiger partial charge in [-0.05, 0) is 25.5 Å². The summed E-state index contributed by atoms with van der Waals surface area (Å²) in [5.41, 5.74) is -0.486. The first-order valence-corrected chi connectivity index (χ1v) is 6.40. The van der Waals surface area contributed by atoms with Crippen molar-refractivity contribution in [2.75, 3.05) is 7.11 Å². The van der Waals surface area contributed by atoms with E-state index in [-0.39, 0.29) is 28.6 Å². The Morgan fingerprint density at radius 1 is 1.35 bits per heavy atom. The van der Waals surface area contributed by atoms with Crippen LogP contribution in [0.4, 0.5) is 0 Å². The highest BCUT2D eigenvalue weighted by atomic mass is 16.5. The maximum Gasteiger partial charge on any atom is 0.371 e. The Labute approximate surface area is 117 Å². The number of hydrogen-bond acceptors (Lipinski definition) is 4. The topological polar surface area (TPSA) is 88.8 Å². The molecule has 1 aromatic rings. The molecular formula is C14H19NO5. The molecule has 2 rings (SSSR count). The van der Waals surface area contributed by atoms with Crippen LogP contribution in [0, 0.1) is 5.41 Å². The second kappa shape index (κ2) is 4.63. The highest BCUT2D eigenvalue weighted by Crippen LogP contribution is 2.51. The minimum Gasteiger partial charge on any atom is -0.475 e. The molecule has 6 nitrogen and oxygen atoms in total. The van der Waals surface area contributed by atoms with Gasteiger partial charge >= 0.3 is 5.97 Å². The summed E-state index contributed by atoms with van der Waals surface area (Å²) >= 11 is 0. The summed E-state index contributed by atoms with van der Waals surface area (Å²) in [6.07, 6.45) is 0.703. The Morgan fingerprint density at radius 3 is 2.40 bits per heavy atom. The first-order chi connectivity index (χ1) is 9.21. The van der Waals surface area contributed by atoms with Crippen LogP contribution in [0.2, 0.25) is 0 Å². The van der Waals surface area contributed by atoms with E-state index >= 15 is 0 Å². The van der Waals surface area contributed by atoms with Gasteiger partial charge in [-0.25, -0.2) is 4.79 Å². The van der Waals surface area contributed by atoms with Crippen LogP contribution in [0.1, 0.15) is 48.3 Å². The monoisotopic (exact) mass is 281 g/mol. The van der Waals surface area contributed by atoms with Crippen LogP contribution in [0.5, 0.6) is 0 Å². The molecular weight excluding hydrogens is 262 g/mol. The second-order valence-corrected chi connectivity index (χ2v) is 5.86. The number of amides is 1. The molecule has 0 aromatic carbocycles. The van der Waals surface area contributed by atoms with E-state index in [4.69, 9.17) is 14.3 Å². The number of methoxy groups -OCH3 is 1. The number of furan rings is 1. The van der Waals surface area contributed by atoms with Gasteiger partial charge in [-0.15, -0.1) is 0 Å². The summed E-state index contributed by atoms with van der Waals surface area (Å²) < 4.78 is 10.5. The van der Waals surface area contributed by atoms with Gasteiger partial charge in [0.15, 0.2) is 5.76 Å². The zero-order valence-electron chi connectivity index (χ0n) is 12.0. The zero-order chi connectivity index (χ0) is 15.1. The molecule has 2 atom stereocenters. The number of nitrogens with one attached hydrogen (secondary N) is 1. The lowest BCUT2D eigenvalue weighted by atomic mass is 9.56. The fourth-order valence-electron chi connectivity index (χ4n) is 2.53. The molecule has 1 amide bonds. The lowest BCUT2D eigenvalue weighted by Crippen LogP contribution is -2.68. The first-order valence-electron chi connectivity index (χ1n) is 6.40. The van der Waals surface area contributed by atoms with E-state index in [0.29, 0.717) is 6.42 Å². The lowest BCUT2D eigenvalue weighted by Gasteiger charge is -2.59. The van der Waals surface area contributed by atoms with Crippen molar-refractivity contribution >= 4 is 11.9 Å². The van der Waals surface area contributed by atoms with Crippen LogP contribution in [0.25, 0.3) is 0 Å². The number of carboxylic acid groups (broad SMARTS) is 1. The summed E-state index contributed by atoms with van der Waals surface area (Å²) in [6.45, 7) is 6.05. The maximum atomic E-state index is 12.0. The number of rotatable bonds is 4. The quantitative estimate of drug-likeness (QED) is 0.880. The van der Waals surface area contributed by atoms with Crippen molar-refractivity contribution in [2.24, 2.45) is 5.41 Å². The van der Waals surface area contributed by atoms with Crippen molar-refractivity contribution in [2.45, 2.75) is 38.8 Å². The fourth-order valence-corrected chi connectivity index (χ4v) is 2.53. The summed E-state index contributed by atoms with van der Waals surface area (Å²) in [5, 5.41) is 11.6. The number of hydrogen-bond donors (Lipinski definition) is 2. The summed E-state index contributed by atoms with van der Waals surface area (Å²) in [6, 6.07) is 2.58. The van der Waals surface area contributed by atoms with Gasteiger partial charge in [0.25, 0.3) is 5.91 Å². The van der Waals surface area contributed by atoms with E-state index in [0.717, 1.165) is 0 Å². The SMILES string of the molecule is CO[C@@]1(C)C[C@@H](NC(=O)c2ccc(C(=O)O)o2)C1(C)C. The molecule has 6 heteroatoms. The molecule has 1 fully saturated rings. The van der Waals surface area contributed by atoms with Gasteiger partial charge in [-0.2, -0.15) is 0 Å². The molecule has 0 unspecified atom stereocenters. The van der Waals surface area contributed by atoms with Gasteiger partial charge in [0.05, 0.1) is 5.60 Å². The van der Waals surface area contributed by atoms with Crippen LogP contribution >= 0.6 is 0 Å². The number of carbonyl (C=O) groups excluding carboxylic acids is 1. The molecule has 0 saturated heterocycles. The molecule has 110 valence electrons. The van der Waals surface area contributed by atoms with Crippen LogP contribution in [-0.2, 0) is 4.74 Å². The minimum absolute atomic E-state index is 0.00391. The van der Waals surface area contributed by atoms with E-state index in [9.17, 15) is 9.59 Å². The Morgan fingerprint density at radius 2 is 1.95 bits per heavy atom. The van der Waals surface area contributed by atoms with Crippen molar-refractivity contribution < 1.29 is 23.8 Å². The fraction of sp³-hybridized carbons (Fsp3) is 0.571. The van der Waals surface area contributed by atoms with E-state index in [1.54, 1.807) is 7.11 Å². The number of aromatic carboxylic acids is 1. The van der Waals surface area contributed by atoms with Gasteiger partial charge in [-0.1, -0.05) is 13.8 Å². The highest BCUT2D eigenvalue weighted by molar-refractivity contribution is 5.93. The predicted molar refractivity (Wildman–Crippen MR) is 70.7 cm³/mol. The second-order valence-electron chi connectivity index (χ2n) is 5.86. The minimum atomic E-state index is -1.19. The van der Waals surface area contributed by atoms with Gasteiger partial charge in [0, 0.05) is 18.6 Å². The third-order valence-electron chi connectivity index (χ3n) is 4.62. The standard InChI is InChI=1S/C14H19NO5/c1-13(2)10(7-14(13,3)19-4)15-11(16)8-5-6-9(20-8)12(17)18/h5-6,10H,7H2,1-4H3,(H,15,16)(H,17,18)/t10-,14+/m1/s1. The summed E-state index contributed by atoms with van der Waals surface area (Å²) in [7, 11) is 1.66. The molecule has 0 aliphatic heterocycles. The average Bonchev–Trinajstić information content (AvgIpc) is 2.87. The van der Waals surface area contributed by atoms with Gasteiger partial charge in [0.1, 0.15) is 0 Å². The number of carboxylic acids is 1. The number of ether oxygens (including phenoxy) is 1. The Kier molecular flexibility index (Phi) is 3.37. The van der Waals surface area contributed by atoms with Crippen molar-refractivity contribution in [3.8, 4) is 0 Å². The van der Waals surface area contributed by atoms with Gasteiger partial charge in [-0.3, -0.25) is 4.79 Å². The predicted octanol–water partition coefficient (Wildman–Crippen LogP) is 1.91. The smallest absolute Gasteiger partial charge is 0.371 e. The average molecular weight is 281 g/mol. The molecule has 1 aliphatic rings. The normalized spacial score (nSPS) is 27.7. The molecule has 1 aliphatic carbocycles. The van der Waals surface area contributed by atoms with E-state index < -0.39 is 11.9 Å². The third kappa shape index (κ3) is 2.10. The lowest BCUT2D eigenvalue weighted by molar-refractivity contribution is -0.177. The van der Waals surface area contributed by atoms with Crippen LogP contribution in [0.15, 0.2) is 16.5 Å². The van der Waals surface area contributed by atoms with Crippen molar-refractivity contribution in [1.29, 1.82) is 0 Å². The Hall–Kier alpha value is -1.82. The first kappa shape index (κ1) is 14.6. The third-order valence-corrected chi connectivity index (χ3v) is 4.62. The van der Waals surface area contributed by atoms with Crippen molar-refractivity contribution in [3.05, 3.63) is 23.7 Å². The summed E-state index contributed by atoms with van der Waals surface area (Å²) in [5.74, 6) is -1.84. The van der Waals surface area contributed by atoms with Gasteiger partial charge < -0.3 is 19.6 Å². The zero-order valence-corrected chi connectivity index (χ0v) is 12.0.